The van der Waals surface area contributed by atoms with E-state index in [0.717, 1.165) is 58.7 Å². The van der Waals surface area contributed by atoms with Crippen LogP contribution in [-0.2, 0) is 9.53 Å². The van der Waals surface area contributed by atoms with Crippen LogP contribution < -0.4 is 10.6 Å². The molecular formula is C16H29N3O2. The van der Waals surface area contributed by atoms with Gasteiger partial charge in [0.15, 0.2) is 0 Å². The van der Waals surface area contributed by atoms with Gasteiger partial charge in [0.25, 0.3) is 0 Å². The molecule has 3 rings (SSSR count). The van der Waals surface area contributed by atoms with Crippen molar-refractivity contribution in [2.45, 2.75) is 50.6 Å². The molecule has 0 aromatic rings. The molecule has 2 atom stereocenters. The van der Waals surface area contributed by atoms with Crippen LogP contribution in [0.25, 0.3) is 0 Å². The van der Waals surface area contributed by atoms with Crippen LogP contribution in [0.3, 0.4) is 0 Å². The number of likely N-dealkylation sites (tertiary alicyclic amines) is 1. The Morgan fingerprint density at radius 1 is 1.24 bits per heavy atom. The van der Waals surface area contributed by atoms with Crippen molar-refractivity contribution in [3.05, 3.63) is 0 Å². The van der Waals surface area contributed by atoms with Crippen molar-refractivity contribution in [2.75, 3.05) is 39.4 Å². The standard InChI is InChI=1S/C16H29N3O2/c20-16(18-9-3-13-6-11-21-12-13)15-2-1-10-19(15)14-4-7-17-8-5-14/h13-15,17H,1-12H2,(H,18,20). The summed E-state index contributed by atoms with van der Waals surface area (Å²) in [5.41, 5.74) is 0. The summed E-state index contributed by atoms with van der Waals surface area (Å²) in [6, 6.07) is 0.723. The highest BCUT2D eigenvalue weighted by Crippen LogP contribution is 2.24. The number of piperidine rings is 1. The molecule has 2 N–H and O–H groups in total. The van der Waals surface area contributed by atoms with E-state index in [1.807, 2.05) is 0 Å². The summed E-state index contributed by atoms with van der Waals surface area (Å²) in [5.74, 6) is 0.902. The lowest BCUT2D eigenvalue weighted by molar-refractivity contribution is -0.126. The first-order valence-corrected chi connectivity index (χ1v) is 8.66. The van der Waals surface area contributed by atoms with Crippen LogP contribution >= 0.6 is 0 Å². The van der Waals surface area contributed by atoms with Crippen molar-refractivity contribution < 1.29 is 9.53 Å². The minimum atomic E-state index is 0.118. The average molecular weight is 295 g/mol. The first kappa shape index (κ1) is 15.3. The van der Waals surface area contributed by atoms with Crippen LogP contribution in [0.2, 0.25) is 0 Å². The summed E-state index contributed by atoms with van der Waals surface area (Å²) in [6.07, 6.45) is 6.78. The second kappa shape index (κ2) is 7.56. The summed E-state index contributed by atoms with van der Waals surface area (Å²) in [4.78, 5) is 14.9. The Bertz CT molecular complexity index is 338. The topological polar surface area (TPSA) is 53.6 Å². The molecule has 0 aromatic heterocycles. The molecule has 0 bridgehead atoms. The number of hydrogen-bond donors (Lipinski definition) is 2. The molecule has 1 amide bonds. The largest absolute Gasteiger partial charge is 0.381 e. The quantitative estimate of drug-likeness (QED) is 0.786. The van der Waals surface area contributed by atoms with Gasteiger partial charge in [-0.2, -0.15) is 0 Å². The first-order chi connectivity index (χ1) is 10.3. The van der Waals surface area contributed by atoms with Crippen LogP contribution in [0, 0.1) is 5.92 Å². The van der Waals surface area contributed by atoms with Crippen molar-refractivity contribution in [1.82, 2.24) is 15.5 Å². The van der Waals surface area contributed by atoms with E-state index >= 15 is 0 Å². The van der Waals surface area contributed by atoms with Gasteiger partial charge in [0.05, 0.1) is 6.04 Å². The fraction of sp³-hybridized carbons (Fsp3) is 0.938. The Kier molecular flexibility index (Phi) is 5.49. The van der Waals surface area contributed by atoms with Gasteiger partial charge in [-0.1, -0.05) is 0 Å². The summed E-state index contributed by atoms with van der Waals surface area (Å²) in [7, 11) is 0. The van der Waals surface area contributed by atoms with Gasteiger partial charge in [-0.3, -0.25) is 9.69 Å². The minimum Gasteiger partial charge on any atom is -0.381 e. The highest BCUT2D eigenvalue weighted by Gasteiger charge is 2.35. The molecule has 5 heteroatoms. The molecule has 0 saturated carbocycles. The molecular weight excluding hydrogens is 266 g/mol. The third kappa shape index (κ3) is 3.96. The normalized spacial score (nSPS) is 31.6. The summed E-state index contributed by atoms with van der Waals surface area (Å²) >= 11 is 0. The monoisotopic (exact) mass is 295 g/mol. The molecule has 0 aromatic carbocycles. The smallest absolute Gasteiger partial charge is 0.237 e. The van der Waals surface area contributed by atoms with Gasteiger partial charge in [-0.25, -0.2) is 0 Å². The zero-order valence-corrected chi connectivity index (χ0v) is 13.0. The summed E-state index contributed by atoms with van der Waals surface area (Å²) < 4.78 is 5.38. The molecule has 21 heavy (non-hydrogen) atoms. The van der Waals surface area contributed by atoms with Crippen LogP contribution in [0.15, 0.2) is 0 Å². The molecule has 2 unspecified atom stereocenters. The van der Waals surface area contributed by atoms with Gasteiger partial charge >= 0.3 is 0 Å². The molecule has 5 nitrogen and oxygen atoms in total. The molecule has 3 aliphatic rings. The van der Waals surface area contributed by atoms with Crippen molar-refractivity contribution in [3.8, 4) is 0 Å². The number of carbonyl (C=O) groups is 1. The number of rotatable bonds is 5. The third-order valence-electron chi connectivity index (χ3n) is 5.25. The number of carbonyl (C=O) groups excluding carboxylic acids is 1. The Balaban J connectivity index is 1.43. The van der Waals surface area contributed by atoms with E-state index in [1.54, 1.807) is 0 Å². The molecule has 120 valence electrons. The van der Waals surface area contributed by atoms with Gasteiger partial charge in [-0.15, -0.1) is 0 Å². The van der Waals surface area contributed by atoms with Crippen LogP contribution in [0.5, 0.6) is 0 Å². The molecule has 0 aliphatic carbocycles. The first-order valence-electron chi connectivity index (χ1n) is 8.66. The molecule has 3 heterocycles. The minimum absolute atomic E-state index is 0.118. The lowest BCUT2D eigenvalue weighted by atomic mass is 10.0. The van der Waals surface area contributed by atoms with E-state index in [0.29, 0.717) is 12.0 Å². The number of ether oxygens (including phenoxy) is 1. The number of amides is 1. The van der Waals surface area contributed by atoms with E-state index < -0.39 is 0 Å². The third-order valence-corrected chi connectivity index (χ3v) is 5.25. The lowest BCUT2D eigenvalue weighted by Crippen LogP contribution is -2.50. The van der Waals surface area contributed by atoms with Gasteiger partial charge in [0, 0.05) is 25.8 Å². The van der Waals surface area contributed by atoms with Crippen molar-refractivity contribution in [3.63, 3.8) is 0 Å². The predicted octanol–water partition coefficient (Wildman–Crippen LogP) is 0.746. The van der Waals surface area contributed by atoms with E-state index in [2.05, 4.69) is 15.5 Å². The molecule has 3 aliphatic heterocycles. The van der Waals surface area contributed by atoms with Crippen LogP contribution in [0.1, 0.15) is 38.5 Å². The number of hydrogen-bond acceptors (Lipinski definition) is 4. The second-order valence-corrected chi connectivity index (χ2v) is 6.69. The zero-order valence-electron chi connectivity index (χ0n) is 13.0. The van der Waals surface area contributed by atoms with Crippen molar-refractivity contribution in [2.24, 2.45) is 5.92 Å². The van der Waals surface area contributed by atoms with Gasteiger partial charge in [0.2, 0.25) is 5.91 Å². The van der Waals surface area contributed by atoms with E-state index in [1.165, 1.54) is 19.3 Å². The highest BCUT2D eigenvalue weighted by molar-refractivity contribution is 5.82. The maximum Gasteiger partial charge on any atom is 0.237 e. The van der Waals surface area contributed by atoms with E-state index in [4.69, 9.17) is 4.74 Å². The summed E-state index contributed by atoms with van der Waals surface area (Å²) in [5, 5.41) is 6.58. The maximum absolute atomic E-state index is 12.5. The van der Waals surface area contributed by atoms with E-state index in [-0.39, 0.29) is 11.9 Å². The molecule has 3 fully saturated rings. The zero-order chi connectivity index (χ0) is 14.5. The molecule has 0 spiro atoms. The van der Waals surface area contributed by atoms with Gasteiger partial charge in [0.1, 0.15) is 0 Å². The van der Waals surface area contributed by atoms with Gasteiger partial charge in [-0.05, 0) is 64.1 Å². The van der Waals surface area contributed by atoms with Crippen molar-refractivity contribution in [1.29, 1.82) is 0 Å². The Hall–Kier alpha value is -0.650. The summed E-state index contributed by atoms with van der Waals surface area (Å²) in [6.45, 7) is 5.86. The predicted molar refractivity (Wildman–Crippen MR) is 82.2 cm³/mol. The lowest BCUT2D eigenvalue weighted by Gasteiger charge is -2.35. The Morgan fingerprint density at radius 2 is 2.10 bits per heavy atom. The molecule has 0 radical (unpaired) electrons. The number of nitrogens with zero attached hydrogens (tertiary/aromatic N) is 1. The number of nitrogens with one attached hydrogen (secondary N) is 2. The van der Waals surface area contributed by atoms with Crippen LogP contribution in [0.4, 0.5) is 0 Å². The SMILES string of the molecule is O=C(NCCC1CCOC1)C1CCCN1C1CCNCC1. The Labute approximate surface area is 127 Å². The fourth-order valence-corrected chi connectivity index (χ4v) is 3.97. The van der Waals surface area contributed by atoms with E-state index in [9.17, 15) is 4.79 Å². The maximum atomic E-state index is 12.5. The van der Waals surface area contributed by atoms with Crippen molar-refractivity contribution >= 4 is 5.91 Å². The average Bonchev–Trinajstić information content (AvgIpc) is 3.19. The van der Waals surface area contributed by atoms with Crippen LogP contribution in [-0.4, -0.2) is 62.3 Å². The second-order valence-electron chi connectivity index (χ2n) is 6.69. The fourth-order valence-electron chi connectivity index (χ4n) is 3.97. The highest BCUT2D eigenvalue weighted by atomic mass is 16.5. The Morgan fingerprint density at radius 3 is 2.86 bits per heavy atom. The molecule has 3 saturated heterocycles. The van der Waals surface area contributed by atoms with Gasteiger partial charge < -0.3 is 15.4 Å².